The van der Waals surface area contributed by atoms with Crippen LogP contribution in [-0.2, 0) is 9.53 Å². The molecule has 7 heteroatoms. The van der Waals surface area contributed by atoms with E-state index in [1.165, 1.54) is 0 Å². The number of fused-ring (bicyclic) bond motifs is 1. The van der Waals surface area contributed by atoms with Gasteiger partial charge in [0, 0.05) is 16.9 Å². The molecule has 0 bridgehead atoms. The quantitative estimate of drug-likeness (QED) is 0.681. The number of esters is 1. The number of rotatable bonds is 5. The Kier molecular flexibility index (Phi) is 4.79. The van der Waals surface area contributed by atoms with Crippen molar-refractivity contribution in [1.82, 2.24) is 10.1 Å². The zero-order valence-corrected chi connectivity index (χ0v) is 14.8. The van der Waals surface area contributed by atoms with Crippen molar-refractivity contribution in [3.8, 4) is 5.75 Å². The zero-order valence-electron chi connectivity index (χ0n) is 14.8. The van der Waals surface area contributed by atoms with Crippen molar-refractivity contribution in [2.45, 2.75) is 33.1 Å². The van der Waals surface area contributed by atoms with Gasteiger partial charge in [0.05, 0.1) is 29.8 Å². The van der Waals surface area contributed by atoms with Gasteiger partial charge in [-0.1, -0.05) is 17.3 Å². The van der Waals surface area contributed by atoms with Crippen LogP contribution in [0.3, 0.4) is 0 Å². The second-order valence-corrected chi connectivity index (χ2v) is 6.06. The largest absolute Gasteiger partial charge is 0.507 e. The molecule has 0 spiro atoms. The first-order valence-electron chi connectivity index (χ1n) is 8.36. The maximum Gasteiger partial charge on any atom is 0.306 e. The van der Waals surface area contributed by atoms with E-state index in [-0.39, 0.29) is 24.3 Å². The van der Waals surface area contributed by atoms with Crippen LogP contribution in [-0.4, -0.2) is 27.8 Å². The number of pyridine rings is 1. The van der Waals surface area contributed by atoms with E-state index in [1.807, 2.05) is 0 Å². The number of ether oxygens (including phenoxy) is 1. The van der Waals surface area contributed by atoms with Crippen molar-refractivity contribution < 1.29 is 19.2 Å². The van der Waals surface area contributed by atoms with Crippen LogP contribution in [0.15, 0.2) is 33.6 Å². The standard InChI is InChI=1S/C19H20N2O5/c1-4-25-15(22)9-13(16-10(2)21-26-11(16)3)17-18(23)12-7-5-6-8-14(12)20-19(17)24/h5-8,13H,4,9H2,1-3H3,(H2,20,23,24)/t13-/m1/s1. The minimum absolute atomic E-state index is 0.103. The molecule has 1 atom stereocenters. The van der Waals surface area contributed by atoms with Crippen molar-refractivity contribution in [3.05, 3.63) is 57.2 Å². The second kappa shape index (κ2) is 7.03. The van der Waals surface area contributed by atoms with Gasteiger partial charge in [0.15, 0.2) is 0 Å². The van der Waals surface area contributed by atoms with Crippen molar-refractivity contribution in [3.63, 3.8) is 0 Å². The fourth-order valence-electron chi connectivity index (χ4n) is 3.29. The lowest BCUT2D eigenvalue weighted by Crippen LogP contribution is -2.21. The summed E-state index contributed by atoms with van der Waals surface area (Å²) in [6.45, 7) is 5.38. The van der Waals surface area contributed by atoms with E-state index in [1.54, 1.807) is 45.0 Å². The summed E-state index contributed by atoms with van der Waals surface area (Å²) in [5, 5.41) is 15.2. The van der Waals surface area contributed by atoms with Crippen molar-refractivity contribution >= 4 is 16.9 Å². The van der Waals surface area contributed by atoms with Gasteiger partial charge in [0.2, 0.25) is 0 Å². The maximum atomic E-state index is 12.7. The van der Waals surface area contributed by atoms with Gasteiger partial charge in [-0.25, -0.2) is 0 Å². The topological polar surface area (TPSA) is 105 Å². The fraction of sp³-hybridized carbons (Fsp3) is 0.316. The Balaban J connectivity index is 2.24. The summed E-state index contributed by atoms with van der Waals surface area (Å²) < 4.78 is 10.3. The van der Waals surface area contributed by atoms with Crippen LogP contribution >= 0.6 is 0 Å². The van der Waals surface area contributed by atoms with Crippen LogP contribution in [0.4, 0.5) is 0 Å². The van der Waals surface area contributed by atoms with E-state index < -0.39 is 17.4 Å². The van der Waals surface area contributed by atoms with Gasteiger partial charge in [-0.15, -0.1) is 0 Å². The Morgan fingerprint density at radius 3 is 2.69 bits per heavy atom. The molecule has 0 amide bonds. The molecule has 0 aliphatic heterocycles. The van der Waals surface area contributed by atoms with Crippen LogP contribution in [0.2, 0.25) is 0 Å². The molecular weight excluding hydrogens is 336 g/mol. The molecule has 1 aromatic carbocycles. The number of aromatic hydroxyl groups is 1. The van der Waals surface area contributed by atoms with Gasteiger partial charge in [0.1, 0.15) is 11.5 Å². The number of nitrogens with zero attached hydrogens (tertiary/aromatic N) is 1. The highest BCUT2D eigenvalue weighted by molar-refractivity contribution is 5.86. The number of aromatic nitrogens is 2. The number of carbonyl (C=O) groups is 1. The van der Waals surface area contributed by atoms with E-state index in [4.69, 9.17) is 9.26 Å². The molecule has 3 rings (SSSR count). The molecule has 2 N–H and O–H groups in total. The van der Waals surface area contributed by atoms with Crippen molar-refractivity contribution in [2.75, 3.05) is 6.61 Å². The predicted molar refractivity (Wildman–Crippen MR) is 95.3 cm³/mol. The van der Waals surface area contributed by atoms with Crippen molar-refractivity contribution in [2.24, 2.45) is 0 Å². The highest BCUT2D eigenvalue weighted by atomic mass is 16.5. The second-order valence-electron chi connectivity index (χ2n) is 6.06. The number of para-hydroxylation sites is 1. The number of carbonyl (C=O) groups excluding carboxylic acids is 1. The molecule has 0 saturated carbocycles. The molecule has 0 saturated heterocycles. The Morgan fingerprint density at radius 1 is 1.31 bits per heavy atom. The normalized spacial score (nSPS) is 12.3. The van der Waals surface area contributed by atoms with Gasteiger partial charge >= 0.3 is 5.97 Å². The van der Waals surface area contributed by atoms with E-state index in [9.17, 15) is 14.7 Å². The number of benzene rings is 1. The Hall–Kier alpha value is -3.09. The molecule has 0 fully saturated rings. The van der Waals surface area contributed by atoms with Gasteiger partial charge in [0.25, 0.3) is 5.56 Å². The summed E-state index contributed by atoms with van der Waals surface area (Å²) in [4.78, 5) is 27.7. The minimum Gasteiger partial charge on any atom is -0.507 e. The van der Waals surface area contributed by atoms with Crippen LogP contribution in [0.1, 0.15) is 41.8 Å². The molecule has 26 heavy (non-hydrogen) atoms. The summed E-state index contributed by atoms with van der Waals surface area (Å²) in [6, 6.07) is 6.94. The highest BCUT2D eigenvalue weighted by Crippen LogP contribution is 2.37. The third-order valence-electron chi connectivity index (χ3n) is 4.39. The number of hydrogen-bond donors (Lipinski definition) is 2. The van der Waals surface area contributed by atoms with Gasteiger partial charge < -0.3 is 19.4 Å². The number of nitrogens with one attached hydrogen (secondary N) is 1. The average molecular weight is 356 g/mol. The molecular formula is C19H20N2O5. The molecule has 136 valence electrons. The minimum atomic E-state index is -0.728. The van der Waals surface area contributed by atoms with Crippen LogP contribution in [0.25, 0.3) is 10.9 Å². The molecule has 7 nitrogen and oxygen atoms in total. The van der Waals surface area contributed by atoms with Crippen molar-refractivity contribution in [1.29, 1.82) is 0 Å². The monoisotopic (exact) mass is 356 g/mol. The highest BCUT2D eigenvalue weighted by Gasteiger charge is 2.30. The number of H-pyrrole nitrogens is 1. The Bertz CT molecular complexity index is 999. The van der Waals surface area contributed by atoms with E-state index in [2.05, 4.69) is 10.1 Å². The molecule has 2 heterocycles. The average Bonchev–Trinajstić information content (AvgIpc) is 2.93. The first-order chi connectivity index (χ1) is 12.4. The smallest absolute Gasteiger partial charge is 0.306 e. The molecule has 0 unspecified atom stereocenters. The molecule has 2 aromatic heterocycles. The maximum absolute atomic E-state index is 12.7. The summed E-state index contributed by atoms with van der Waals surface area (Å²) in [7, 11) is 0. The lowest BCUT2D eigenvalue weighted by atomic mass is 9.86. The summed E-state index contributed by atoms with van der Waals surface area (Å²) in [5.41, 5.74) is 1.33. The third-order valence-corrected chi connectivity index (χ3v) is 4.39. The molecule has 0 radical (unpaired) electrons. The Morgan fingerprint density at radius 2 is 2.04 bits per heavy atom. The van der Waals surface area contributed by atoms with Crippen LogP contribution in [0.5, 0.6) is 5.75 Å². The summed E-state index contributed by atoms with van der Waals surface area (Å²) in [6.07, 6.45) is -0.105. The Labute approximate surface area is 149 Å². The molecule has 0 aliphatic carbocycles. The number of aromatic amines is 1. The third kappa shape index (κ3) is 3.08. The van der Waals surface area contributed by atoms with E-state index in [0.717, 1.165) is 0 Å². The SMILES string of the molecule is CCOC(=O)C[C@H](c1c(C)noc1C)c1c(O)c2ccccc2[nH]c1=O. The van der Waals surface area contributed by atoms with Gasteiger partial charge in [-0.05, 0) is 32.9 Å². The fourth-order valence-corrected chi connectivity index (χ4v) is 3.29. The first kappa shape index (κ1) is 17.7. The lowest BCUT2D eigenvalue weighted by molar-refractivity contribution is -0.143. The van der Waals surface area contributed by atoms with Crippen LogP contribution < -0.4 is 5.56 Å². The zero-order chi connectivity index (χ0) is 18.8. The number of aryl methyl sites for hydroxylation is 2. The number of hydrogen-bond acceptors (Lipinski definition) is 6. The summed E-state index contributed by atoms with van der Waals surface area (Å²) >= 11 is 0. The predicted octanol–water partition coefficient (Wildman–Crippen LogP) is 2.92. The van der Waals surface area contributed by atoms with E-state index >= 15 is 0 Å². The lowest BCUT2D eigenvalue weighted by Gasteiger charge is -2.18. The summed E-state index contributed by atoms with van der Waals surface area (Å²) in [5.74, 6) is -0.861. The molecule has 3 aromatic rings. The van der Waals surface area contributed by atoms with Crippen LogP contribution in [0, 0.1) is 13.8 Å². The van der Waals surface area contributed by atoms with Gasteiger partial charge in [-0.3, -0.25) is 9.59 Å². The van der Waals surface area contributed by atoms with E-state index in [0.29, 0.717) is 27.9 Å². The van der Waals surface area contributed by atoms with Gasteiger partial charge in [-0.2, -0.15) is 0 Å². The first-order valence-corrected chi connectivity index (χ1v) is 8.36. The molecule has 0 aliphatic rings.